The minimum absolute atomic E-state index is 0.839. The molecule has 72 valence electrons. The van der Waals surface area contributed by atoms with Crippen molar-refractivity contribution in [3.05, 3.63) is 40.9 Å². The molecule has 2 nitrogen and oxygen atoms in total. The van der Waals surface area contributed by atoms with Crippen molar-refractivity contribution in [3.63, 3.8) is 0 Å². The van der Waals surface area contributed by atoms with Gasteiger partial charge in [0.05, 0.1) is 4.88 Å². The number of aromatic nitrogens is 1. The van der Waals surface area contributed by atoms with Crippen molar-refractivity contribution >= 4 is 16.5 Å². The minimum Gasteiger partial charge on any atom is -0.277 e. The van der Waals surface area contributed by atoms with Gasteiger partial charge in [-0.05, 0) is 26.0 Å². The van der Waals surface area contributed by atoms with Crippen LogP contribution < -0.4 is 10.3 Å². The summed E-state index contributed by atoms with van der Waals surface area (Å²) in [7, 11) is 0. The standard InChI is InChI=1S/C11H12N2S/c1-8-9(2)14-11(12)13(8)10-6-4-3-5-7-10/h3-7,12H,1-2H3/p+1. The number of rotatable bonds is 1. The van der Waals surface area contributed by atoms with E-state index in [1.165, 1.54) is 10.6 Å². The first kappa shape index (κ1) is 9.21. The highest BCUT2D eigenvalue weighted by atomic mass is 32.1. The monoisotopic (exact) mass is 205 g/mol. The van der Waals surface area contributed by atoms with Crippen LogP contribution in [-0.2, 0) is 0 Å². The molecule has 0 radical (unpaired) electrons. The third-order valence-corrected chi connectivity index (χ3v) is 3.33. The van der Waals surface area contributed by atoms with E-state index in [1.807, 2.05) is 18.2 Å². The third-order valence-electron chi connectivity index (χ3n) is 2.34. The summed E-state index contributed by atoms with van der Waals surface area (Å²) in [5, 5.41) is 0.839. The Morgan fingerprint density at radius 1 is 1.14 bits per heavy atom. The van der Waals surface area contributed by atoms with Gasteiger partial charge in [0, 0.05) is 0 Å². The quantitative estimate of drug-likeness (QED) is 0.711. The van der Waals surface area contributed by atoms with E-state index in [0.29, 0.717) is 0 Å². The summed E-state index contributed by atoms with van der Waals surface area (Å²) in [6.07, 6.45) is 0. The smallest absolute Gasteiger partial charge is 0.277 e. The molecule has 0 aliphatic carbocycles. The molecule has 2 aromatic rings. The van der Waals surface area contributed by atoms with E-state index in [9.17, 15) is 0 Å². The minimum atomic E-state index is 0.839. The number of hydrogen-bond acceptors (Lipinski definition) is 2. The fourth-order valence-corrected chi connectivity index (χ4v) is 2.38. The second-order valence-corrected chi connectivity index (χ2v) is 4.49. The Bertz CT molecular complexity index is 446. The van der Waals surface area contributed by atoms with Crippen LogP contribution in [0.15, 0.2) is 30.3 Å². The second kappa shape index (κ2) is 3.42. The van der Waals surface area contributed by atoms with Crippen LogP contribution in [0.2, 0.25) is 0 Å². The molecule has 0 saturated heterocycles. The van der Waals surface area contributed by atoms with E-state index >= 15 is 0 Å². The van der Waals surface area contributed by atoms with Crippen LogP contribution in [0, 0.1) is 13.8 Å². The highest BCUT2D eigenvalue weighted by Crippen LogP contribution is 2.18. The van der Waals surface area contributed by atoms with Crippen molar-refractivity contribution < 1.29 is 4.57 Å². The zero-order chi connectivity index (χ0) is 10.1. The molecule has 0 unspecified atom stereocenters. The lowest BCUT2D eigenvalue weighted by molar-refractivity contribution is -0.582. The molecule has 0 atom stereocenters. The normalized spacial score (nSPS) is 10.4. The van der Waals surface area contributed by atoms with E-state index in [1.54, 1.807) is 11.3 Å². The van der Waals surface area contributed by atoms with Crippen molar-refractivity contribution in [2.24, 2.45) is 0 Å². The zero-order valence-corrected chi connectivity index (χ0v) is 9.14. The number of aryl methyl sites for hydroxylation is 1. The molecule has 0 aliphatic rings. The summed E-state index contributed by atoms with van der Waals surface area (Å²) >= 11 is 1.63. The van der Waals surface area contributed by atoms with Crippen LogP contribution in [-0.4, -0.2) is 0 Å². The molecule has 1 heterocycles. The molecular formula is C11H13N2S+. The predicted molar refractivity (Wildman–Crippen MR) is 59.7 cm³/mol. The SMILES string of the molecule is Cc1sc(N)[n+](-c2ccccc2)c1C. The molecule has 14 heavy (non-hydrogen) atoms. The lowest BCUT2D eigenvalue weighted by Gasteiger charge is -1.99. The Hall–Kier alpha value is -1.35. The molecule has 0 bridgehead atoms. The summed E-state index contributed by atoms with van der Waals surface area (Å²) in [6.45, 7) is 4.19. The Kier molecular flexibility index (Phi) is 2.25. The number of benzene rings is 1. The molecule has 0 spiro atoms. The number of thiazole rings is 1. The molecule has 2 rings (SSSR count). The molecule has 0 amide bonds. The maximum absolute atomic E-state index is 5.96. The topological polar surface area (TPSA) is 29.9 Å². The van der Waals surface area contributed by atoms with E-state index in [4.69, 9.17) is 5.73 Å². The van der Waals surface area contributed by atoms with Crippen LogP contribution in [0.1, 0.15) is 10.6 Å². The van der Waals surface area contributed by atoms with Gasteiger partial charge >= 0.3 is 5.13 Å². The Morgan fingerprint density at radius 2 is 1.79 bits per heavy atom. The van der Waals surface area contributed by atoms with Crippen molar-refractivity contribution in [1.82, 2.24) is 0 Å². The number of hydrogen-bond donors (Lipinski definition) is 1. The fourth-order valence-electron chi connectivity index (χ4n) is 1.50. The van der Waals surface area contributed by atoms with Crippen LogP contribution in [0.5, 0.6) is 0 Å². The first-order valence-corrected chi connectivity index (χ1v) is 5.34. The maximum Gasteiger partial charge on any atom is 0.337 e. The molecule has 0 saturated carbocycles. The van der Waals surface area contributed by atoms with Crippen molar-refractivity contribution in [1.29, 1.82) is 0 Å². The van der Waals surface area contributed by atoms with Gasteiger partial charge in [-0.3, -0.25) is 5.73 Å². The Labute approximate surface area is 87.6 Å². The summed E-state index contributed by atoms with van der Waals surface area (Å²) in [5.74, 6) is 0. The van der Waals surface area contributed by atoms with Gasteiger partial charge in [0.2, 0.25) is 0 Å². The van der Waals surface area contributed by atoms with Crippen LogP contribution in [0.3, 0.4) is 0 Å². The van der Waals surface area contributed by atoms with Gasteiger partial charge in [0.15, 0.2) is 0 Å². The lowest BCUT2D eigenvalue weighted by Crippen LogP contribution is -2.34. The van der Waals surface area contributed by atoms with Gasteiger partial charge in [-0.25, -0.2) is 0 Å². The average molecular weight is 205 g/mol. The van der Waals surface area contributed by atoms with Crippen molar-refractivity contribution in [2.45, 2.75) is 13.8 Å². The van der Waals surface area contributed by atoms with Gasteiger partial charge < -0.3 is 0 Å². The van der Waals surface area contributed by atoms with Crippen molar-refractivity contribution in [2.75, 3.05) is 5.73 Å². The summed E-state index contributed by atoms with van der Waals surface area (Å²) in [6, 6.07) is 10.2. The number of nitrogens with zero attached hydrogens (tertiary/aromatic N) is 1. The van der Waals surface area contributed by atoms with E-state index < -0.39 is 0 Å². The number of para-hydroxylation sites is 1. The maximum atomic E-state index is 5.96. The first-order valence-electron chi connectivity index (χ1n) is 4.53. The molecule has 1 aromatic heterocycles. The largest absolute Gasteiger partial charge is 0.337 e. The molecule has 2 N–H and O–H groups in total. The lowest BCUT2D eigenvalue weighted by atomic mass is 10.3. The van der Waals surface area contributed by atoms with E-state index in [0.717, 1.165) is 10.8 Å². The van der Waals surface area contributed by atoms with Crippen LogP contribution in [0.4, 0.5) is 5.13 Å². The predicted octanol–water partition coefficient (Wildman–Crippen LogP) is 2.22. The molecular weight excluding hydrogens is 192 g/mol. The fraction of sp³-hybridized carbons (Fsp3) is 0.182. The van der Waals surface area contributed by atoms with Crippen LogP contribution in [0.25, 0.3) is 5.69 Å². The summed E-state index contributed by atoms with van der Waals surface area (Å²) in [4.78, 5) is 1.27. The van der Waals surface area contributed by atoms with E-state index in [2.05, 4.69) is 30.5 Å². The third kappa shape index (κ3) is 1.40. The highest BCUT2D eigenvalue weighted by Gasteiger charge is 2.16. The average Bonchev–Trinajstić information content (AvgIpc) is 2.43. The molecule has 1 aromatic carbocycles. The summed E-state index contributed by atoms with van der Waals surface area (Å²) in [5.41, 5.74) is 8.31. The molecule has 0 fully saturated rings. The molecule has 0 aliphatic heterocycles. The van der Waals surface area contributed by atoms with Gasteiger partial charge in [0.1, 0.15) is 11.4 Å². The Morgan fingerprint density at radius 3 is 2.29 bits per heavy atom. The van der Waals surface area contributed by atoms with Gasteiger partial charge in [-0.15, -0.1) is 0 Å². The highest BCUT2D eigenvalue weighted by molar-refractivity contribution is 7.15. The summed E-state index contributed by atoms with van der Waals surface area (Å²) < 4.78 is 2.08. The number of nitrogens with two attached hydrogens (primary N) is 1. The number of anilines is 1. The van der Waals surface area contributed by atoms with Crippen LogP contribution >= 0.6 is 11.3 Å². The van der Waals surface area contributed by atoms with Gasteiger partial charge in [-0.2, -0.15) is 4.57 Å². The van der Waals surface area contributed by atoms with Gasteiger partial charge in [0.25, 0.3) is 0 Å². The number of nitrogen functional groups attached to an aromatic ring is 1. The van der Waals surface area contributed by atoms with Crippen molar-refractivity contribution in [3.8, 4) is 5.69 Å². The Balaban J connectivity index is 2.62. The second-order valence-electron chi connectivity index (χ2n) is 3.25. The van der Waals surface area contributed by atoms with E-state index in [-0.39, 0.29) is 0 Å². The molecule has 3 heteroatoms. The first-order chi connectivity index (χ1) is 6.70. The zero-order valence-electron chi connectivity index (χ0n) is 8.32. The van der Waals surface area contributed by atoms with Gasteiger partial charge in [-0.1, -0.05) is 29.5 Å².